The maximum atomic E-state index is 13.4. The van der Waals surface area contributed by atoms with Crippen LogP contribution in [0.2, 0.25) is 0 Å². The monoisotopic (exact) mass is 566 g/mol. The van der Waals surface area contributed by atoms with Crippen LogP contribution < -0.4 is 16.4 Å². The normalized spacial score (nSPS) is 16.7. The number of carboxylic acid groups (broad SMARTS) is 1. The number of nitrogens with two attached hydrogens (primary N) is 1. The minimum Gasteiger partial charge on any atom is -0.481 e. The second-order valence-electron chi connectivity index (χ2n) is 11.4. The van der Waals surface area contributed by atoms with Gasteiger partial charge in [0, 0.05) is 34.8 Å². The van der Waals surface area contributed by atoms with Crippen LogP contribution in [0.15, 0.2) is 77.8 Å². The van der Waals surface area contributed by atoms with E-state index in [1.54, 1.807) is 36.4 Å². The van der Waals surface area contributed by atoms with E-state index in [2.05, 4.69) is 10.6 Å². The lowest BCUT2D eigenvalue weighted by Crippen LogP contribution is -2.61. The number of nitrogen functional groups attached to an aromatic ring is 1. The molecule has 2 aliphatic carbocycles. The maximum Gasteiger partial charge on any atom is 0.303 e. The summed E-state index contributed by atoms with van der Waals surface area (Å²) in [6, 6.07) is 22.3. The second kappa shape index (κ2) is 13.0. The minimum absolute atomic E-state index is 0.0497. The maximum absolute atomic E-state index is 13.4. The fourth-order valence-electron chi connectivity index (χ4n) is 5.81. The Bertz CT molecular complexity index is 1460. The van der Waals surface area contributed by atoms with Crippen molar-refractivity contribution in [1.29, 1.82) is 0 Å². The zero-order valence-electron chi connectivity index (χ0n) is 23.8. The van der Waals surface area contributed by atoms with Crippen LogP contribution in [0.3, 0.4) is 0 Å². The molecule has 218 valence electrons. The number of aliphatic imine (C=N–C) groups is 1. The van der Waals surface area contributed by atoms with Crippen LogP contribution in [-0.4, -0.2) is 34.1 Å². The smallest absolute Gasteiger partial charge is 0.303 e. The average Bonchev–Trinajstić information content (AvgIpc) is 2.98. The first-order chi connectivity index (χ1) is 20.3. The lowest BCUT2D eigenvalue weighted by atomic mass is 9.75. The predicted octanol–water partition coefficient (Wildman–Crippen LogP) is 6.28. The van der Waals surface area contributed by atoms with Crippen molar-refractivity contribution in [2.45, 2.75) is 69.7 Å². The molecule has 2 saturated carbocycles. The molecule has 42 heavy (non-hydrogen) atoms. The number of hydrogen-bond donors (Lipinski definition) is 4. The summed E-state index contributed by atoms with van der Waals surface area (Å²) in [6.07, 6.45) is 8.09. The molecule has 0 spiro atoms. The molecule has 8 heteroatoms. The number of hydrogen-bond acceptors (Lipinski definition) is 5. The minimum atomic E-state index is -0.992. The summed E-state index contributed by atoms with van der Waals surface area (Å²) in [5.74, 6) is -1.14. The van der Waals surface area contributed by atoms with Crippen LogP contribution in [-0.2, 0) is 16.0 Å². The first kappa shape index (κ1) is 29.0. The summed E-state index contributed by atoms with van der Waals surface area (Å²) in [6.45, 7) is 0. The molecule has 0 atom stereocenters. The Morgan fingerprint density at radius 3 is 2.24 bits per heavy atom. The summed E-state index contributed by atoms with van der Waals surface area (Å²) in [4.78, 5) is 42.5. The number of amides is 2. The quantitative estimate of drug-likeness (QED) is 0.169. The van der Waals surface area contributed by atoms with Gasteiger partial charge in [-0.3, -0.25) is 19.4 Å². The Labute approximate surface area is 246 Å². The van der Waals surface area contributed by atoms with Gasteiger partial charge in [-0.1, -0.05) is 55.7 Å². The fourth-order valence-corrected chi connectivity index (χ4v) is 5.81. The SMILES string of the molecule is Nc1cc(C(=O)NC2(C(=O)Nc3ccc(CCC(=O)O)cc3)CCC2)ccc1C(=Nc1ccccc1)C1CCCCC1. The van der Waals surface area contributed by atoms with Crippen LogP contribution in [0.5, 0.6) is 0 Å². The van der Waals surface area contributed by atoms with Gasteiger partial charge in [-0.15, -0.1) is 0 Å². The van der Waals surface area contributed by atoms with Gasteiger partial charge in [0.1, 0.15) is 5.54 Å². The summed E-state index contributed by atoms with van der Waals surface area (Å²) in [7, 11) is 0. The highest BCUT2D eigenvalue weighted by Crippen LogP contribution is 2.35. The summed E-state index contributed by atoms with van der Waals surface area (Å²) >= 11 is 0. The van der Waals surface area contributed by atoms with Gasteiger partial charge in [0.15, 0.2) is 0 Å². The molecular weight excluding hydrogens is 528 g/mol. The number of benzene rings is 3. The van der Waals surface area contributed by atoms with Crippen LogP contribution in [0.25, 0.3) is 0 Å². The molecule has 0 aliphatic heterocycles. The molecule has 2 fully saturated rings. The lowest BCUT2D eigenvalue weighted by Gasteiger charge is -2.40. The molecule has 5 N–H and O–H groups in total. The molecule has 8 nitrogen and oxygen atoms in total. The molecule has 0 saturated heterocycles. The zero-order valence-corrected chi connectivity index (χ0v) is 23.8. The van der Waals surface area contributed by atoms with Crippen LogP contribution >= 0.6 is 0 Å². The summed E-state index contributed by atoms with van der Waals surface area (Å²) in [5, 5.41) is 14.8. The Morgan fingerprint density at radius 2 is 1.62 bits per heavy atom. The largest absolute Gasteiger partial charge is 0.481 e. The predicted molar refractivity (Wildman–Crippen MR) is 165 cm³/mol. The molecule has 0 radical (unpaired) electrons. The second-order valence-corrected chi connectivity index (χ2v) is 11.4. The van der Waals surface area contributed by atoms with Gasteiger partial charge in [-0.05, 0) is 80.5 Å². The Morgan fingerprint density at radius 1 is 0.905 bits per heavy atom. The van der Waals surface area contributed by atoms with E-state index in [-0.39, 0.29) is 18.2 Å². The molecule has 0 bridgehead atoms. The molecule has 3 aromatic rings. The number of carbonyl (C=O) groups is 3. The van der Waals surface area contributed by atoms with E-state index in [0.717, 1.165) is 54.6 Å². The lowest BCUT2D eigenvalue weighted by molar-refractivity contribution is -0.137. The van der Waals surface area contributed by atoms with Crippen LogP contribution in [0.4, 0.5) is 17.1 Å². The Kier molecular flexibility index (Phi) is 9.00. The first-order valence-electron chi connectivity index (χ1n) is 14.8. The number of carbonyl (C=O) groups excluding carboxylic acids is 2. The van der Waals surface area contributed by atoms with E-state index >= 15 is 0 Å². The third-order valence-corrected chi connectivity index (χ3v) is 8.42. The number of nitrogens with one attached hydrogen (secondary N) is 2. The number of nitrogens with zero attached hydrogens (tertiary/aromatic N) is 1. The Balaban J connectivity index is 1.30. The van der Waals surface area contributed by atoms with Crippen LogP contribution in [0.1, 0.15) is 79.3 Å². The summed E-state index contributed by atoms with van der Waals surface area (Å²) in [5.41, 5.74) is 10.7. The average molecular weight is 567 g/mol. The number of aliphatic carboxylic acids is 1. The van der Waals surface area contributed by atoms with Crippen molar-refractivity contribution >= 4 is 40.6 Å². The number of aryl methyl sites for hydroxylation is 1. The van der Waals surface area contributed by atoms with E-state index in [0.29, 0.717) is 42.1 Å². The number of anilines is 2. The number of carboxylic acids is 1. The highest BCUT2D eigenvalue weighted by atomic mass is 16.4. The van der Waals surface area contributed by atoms with Gasteiger partial charge in [-0.25, -0.2) is 0 Å². The molecule has 3 aromatic carbocycles. The highest BCUT2D eigenvalue weighted by molar-refractivity contribution is 6.09. The molecule has 0 aromatic heterocycles. The first-order valence-corrected chi connectivity index (χ1v) is 14.8. The van der Waals surface area contributed by atoms with Gasteiger partial charge >= 0.3 is 5.97 Å². The van der Waals surface area contributed by atoms with Crippen molar-refractivity contribution in [3.63, 3.8) is 0 Å². The van der Waals surface area contributed by atoms with Gasteiger partial charge in [-0.2, -0.15) is 0 Å². The van der Waals surface area contributed by atoms with Gasteiger partial charge in [0.25, 0.3) is 5.91 Å². The van der Waals surface area contributed by atoms with E-state index in [1.807, 2.05) is 36.4 Å². The van der Waals surface area contributed by atoms with Crippen molar-refractivity contribution in [3.05, 3.63) is 89.5 Å². The standard InChI is InChI=1S/C34H38N4O4/c35-29-22-25(15-18-28(29)31(24-8-3-1-4-9-24)36-26-10-5-2-6-11-26)32(41)38-34(20-7-21-34)33(42)37-27-16-12-23(13-17-27)14-19-30(39)40/h2,5-6,10-13,15-18,22,24H,1,3-4,7-9,14,19-21,35H2,(H,37,42)(H,38,41)(H,39,40). The van der Waals surface area contributed by atoms with Crippen molar-refractivity contribution < 1.29 is 19.5 Å². The highest BCUT2D eigenvalue weighted by Gasteiger charge is 2.45. The van der Waals surface area contributed by atoms with Crippen molar-refractivity contribution in [1.82, 2.24) is 5.32 Å². The number of para-hydroxylation sites is 1. The molecule has 2 amide bonds. The number of rotatable bonds is 10. The molecule has 2 aliphatic rings. The zero-order chi connectivity index (χ0) is 29.5. The van der Waals surface area contributed by atoms with Crippen molar-refractivity contribution in [2.24, 2.45) is 10.9 Å². The third kappa shape index (κ3) is 6.87. The summed E-state index contributed by atoms with van der Waals surface area (Å²) < 4.78 is 0. The van der Waals surface area contributed by atoms with E-state index in [4.69, 9.17) is 15.8 Å². The van der Waals surface area contributed by atoms with Crippen molar-refractivity contribution in [3.8, 4) is 0 Å². The van der Waals surface area contributed by atoms with Crippen LogP contribution in [0, 0.1) is 5.92 Å². The fraction of sp³-hybridized carbons (Fsp3) is 0.353. The van der Waals surface area contributed by atoms with Gasteiger partial charge in [0.2, 0.25) is 5.91 Å². The van der Waals surface area contributed by atoms with Gasteiger partial charge in [0.05, 0.1) is 11.4 Å². The van der Waals surface area contributed by atoms with Crippen molar-refractivity contribution in [2.75, 3.05) is 11.1 Å². The topological polar surface area (TPSA) is 134 Å². The van der Waals surface area contributed by atoms with E-state index < -0.39 is 11.5 Å². The Hall–Kier alpha value is -4.46. The molecular formula is C34H38N4O4. The van der Waals surface area contributed by atoms with E-state index in [1.165, 1.54) is 6.42 Å². The van der Waals surface area contributed by atoms with E-state index in [9.17, 15) is 14.4 Å². The van der Waals surface area contributed by atoms with Gasteiger partial charge < -0.3 is 21.5 Å². The molecule has 0 unspecified atom stereocenters. The third-order valence-electron chi connectivity index (χ3n) is 8.42. The molecule has 0 heterocycles. The molecule has 5 rings (SSSR count).